The van der Waals surface area contributed by atoms with Gasteiger partial charge in [0.2, 0.25) is 0 Å². The molecule has 0 bridgehead atoms. The van der Waals surface area contributed by atoms with E-state index in [0.29, 0.717) is 0 Å². The standard InChI is InChI=1S/C10H7F6NO2/c1-19-8(18)6-4(9(11,12)13)2-3-5(7(6)17)10(14,15)16/h2-3H,17H2,1H3. The zero-order valence-corrected chi connectivity index (χ0v) is 9.32. The van der Waals surface area contributed by atoms with Crippen LogP contribution in [0.4, 0.5) is 32.0 Å². The summed E-state index contributed by atoms with van der Waals surface area (Å²) in [5, 5.41) is 0. The monoisotopic (exact) mass is 287 g/mol. The van der Waals surface area contributed by atoms with Gasteiger partial charge in [-0.25, -0.2) is 4.79 Å². The third-order valence-electron chi connectivity index (χ3n) is 2.25. The van der Waals surface area contributed by atoms with Gasteiger partial charge in [0.1, 0.15) is 0 Å². The van der Waals surface area contributed by atoms with Gasteiger partial charge < -0.3 is 10.5 Å². The molecule has 2 N–H and O–H groups in total. The molecule has 0 amide bonds. The van der Waals surface area contributed by atoms with Gasteiger partial charge in [0.05, 0.1) is 29.5 Å². The molecule has 0 spiro atoms. The fourth-order valence-electron chi connectivity index (χ4n) is 1.42. The molecule has 0 radical (unpaired) electrons. The lowest BCUT2D eigenvalue weighted by atomic mass is 10.00. The average Bonchev–Trinajstić information content (AvgIpc) is 2.24. The highest BCUT2D eigenvalue weighted by Gasteiger charge is 2.41. The fourth-order valence-corrected chi connectivity index (χ4v) is 1.42. The predicted octanol–water partition coefficient (Wildman–Crippen LogP) is 3.09. The molecule has 3 nitrogen and oxygen atoms in total. The number of alkyl halides is 6. The summed E-state index contributed by atoms with van der Waals surface area (Å²) in [4.78, 5) is 11.2. The van der Waals surface area contributed by atoms with E-state index in [4.69, 9.17) is 5.73 Å². The number of methoxy groups -OCH3 is 1. The Labute approximate surface area is 102 Å². The molecule has 1 aromatic carbocycles. The summed E-state index contributed by atoms with van der Waals surface area (Å²) in [6, 6.07) is 0.316. The van der Waals surface area contributed by atoms with Crippen molar-refractivity contribution in [3.05, 3.63) is 28.8 Å². The smallest absolute Gasteiger partial charge is 0.418 e. The third-order valence-corrected chi connectivity index (χ3v) is 2.25. The van der Waals surface area contributed by atoms with E-state index in [9.17, 15) is 31.1 Å². The van der Waals surface area contributed by atoms with Crippen LogP contribution in [0.5, 0.6) is 0 Å². The number of ether oxygens (including phenoxy) is 1. The number of nitrogens with two attached hydrogens (primary N) is 1. The molecule has 0 aliphatic rings. The molecule has 0 aliphatic heterocycles. The first-order chi connectivity index (χ1) is 8.50. The molecule has 0 unspecified atom stereocenters. The van der Waals surface area contributed by atoms with E-state index < -0.39 is 40.7 Å². The molecule has 1 rings (SSSR count). The maximum Gasteiger partial charge on any atom is 0.418 e. The first-order valence-electron chi connectivity index (χ1n) is 4.65. The van der Waals surface area contributed by atoms with E-state index >= 15 is 0 Å². The van der Waals surface area contributed by atoms with Crippen molar-refractivity contribution >= 4 is 11.7 Å². The van der Waals surface area contributed by atoms with Gasteiger partial charge in [0.25, 0.3) is 0 Å². The number of halogens is 6. The van der Waals surface area contributed by atoms with Crippen molar-refractivity contribution in [3.63, 3.8) is 0 Å². The number of carbonyl (C=O) groups is 1. The van der Waals surface area contributed by atoms with Crippen LogP contribution in [0.2, 0.25) is 0 Å². The first kappa shape index (κ1) is 15.1. The highest BCUT2D eigenvalue weighted by molar-refractivity contribution is 5.97. The summed E-state index contributed by atoms with van der Waals surface area (Å²) < 4.78 is 79.4. The minimum atomic E-state index is -5.03. The normalized spacial score (nSPS) is 12.4. The Hall–Kier alpha value is -1.93. The molecule has 106 valence electrons. The minimum absolute atomic E-state index is 0.144. The summed E-state index contributed by atoms with van der Waals surface area (Å²) in [7, 11) is 0.738. The number of anilines is 1. The third kappa shape index (κ3) is 2.91. The lowest BCUT2D eigenvalue weighted by molar-refractivity contribution is -0.141. The molecule has 0 saturated carbocycles. The van der Waals surface area contributed by atoms with Gasteiger partial charge in [-0.2, -0.15) is 26.3 Å². The number of esters is 1. The molecule has 0 aromatic heterocycles. The van der Waals surface area contributed by atoms with Crippen molar-refractivity contribution in [2.24, 2.45) is 0 Å². The van der Waals surface area contributed by atoms with Crippen molar-refractivity contribution in [3.8, 4) is 0 Å². The summed E-state index contributed by atoms with van der Waals surface area (Å²) in [6.45, 7) is 0. The zero-order valence-electron chi connectivity index (χ0n) is 9.32. The highest BCUT2D eigenvalue weighted by Crippen LogP contribution is 2.41. The van der Waals surface area contributed by atoms with Crippen molar-refractivity contribution in [1.82, 2.24) is 0 Å². The van der Waals surface area contributed by atoms with Crippen LogP contribution in [0.3, 0.4) is 0 Å². The fraction of sp³-hybridized carbons (Fsp3) is 0.300. The Bertz CT molecular complexity index is 506. The quantitative estimate of drug-likeness (QED) is 0.490. The maximum absolute atomic E-state index is 12.6. The Morgan fingerprint density at radius 1 is 1.05 bits per heavy atom. The van der Waals surface area contributed by atoms with E-state index in [1.165, 1.54) is 0 Å². The number of rotatable bonds is 1. The van der Waals surface area contributed by atoms with E-state index in [1.807, 2.05) is 0 Å². The topological polar surface area (TPSA) is 52.3 Å². The largest absolute Gasteiger partial charge is 0.465 e. The second kappa shape index (κ2) is 4.63. The second-order valence-corrected chi connectivity index (χ2v) is 3.44. The van der Waals surface area contributed by atoms with E-state index in [2.05, 4.69) is 4.74 Å². The lowest BCUT2D eigenvalue weighted by Gasteiger charge is -2.17. The van der Waals surface area contributed by atoms with Crippen LogP contribution in [-0.2, 0) is 17.1 Å². The van der Waals surface area contributed by atoms with Crippen LogP contribution in [0.1, 0.15) is 21.5 Å². The van der Waals surface area contributed by atoms with Crippen LogP contribution in [0.25, 0.3) is 0 Å². The Balaban J connectivity index is 3.65. The predicted molar refractivity (Wildman–Crippen MR) is 52.2 cm³/mol. The Morgan fingerprint density at radius 3 is 1.84 bits per heavy atom. The molecule has 9 heteroatoms. The highest BCUT2D eigenvalue weighted by atomic mass is 19.4. The molecule has 0 aliphatic carbocycles. The lowest BCUT2D eigenvalue weighted by Crippen LogP contribution is -2.20. The maximum atomic E-state index is 12.6. The van der Waals surface area contributed by atoms with Crippen molar-refractivity contribution in [1.29, 1.82) is 0 Å². The number of nitrogen functional groups attached to an aromatic ring is 1. The molecule has 0 atom stereocenters. The summed E-state index contributed by atoms with van der Waals surface area (Å²) >= 11 is 0. The SMILES string of the molecule is COC(=O)c1c(C(F)(F)F)ccc(C(F)(F)F)c1N. The molecule has 1 aromatic rings. The van der Waals surface area contributed by atoms with Gasteiger partial charge in [-0.05, 0) is 12.1 Å². The van der Waals surface area contributed by atoms with Crippen LogP contribution in [-0.4, -0.2) is 13.1 Å². The first-order valence-corrected chi connectivity index (χ1v) is 4.65. The summed E-state index contributed by atoms with van der Waals surface area (Å²) in [5.41, 5.74) is -0.737. The van der Waals surface area contributed by atoms with Gasteiger partial charge in [-0.1, -0.05) is 0 Å². The van der Waals surface area contributed by atoms with Crippen LogP contribution < -0.4 is 5.73 Å². The number of carbonyl (C=O) groups excluding carboxylic acids is 1. The van der Waals surface area contributed by atoms with Gasteiger partial charge in [-0.3, -0.25) is 0 Å². The molecular weight excluding hydrogens is 280 g/mol. The minimum Gasteiger partial charge on any atom is -0.465 e. The summed E-state index contributed by atoms with van der Waals surface area (Å²) in [5.74, 6) is -1.59. The van der Waals surface area contributed by atoms with Gasteiger partial charge in [0.15, 0.2) is 0 Å². The zero-order chi connectivity index (χ0) is 15.0. The van der Waals surface area contributed by atoms with Gasteiger partial charge >= 0.3 is 18.3 Å². The molecule has 0 fully saturated rings. The van der Waals surface area contributed by atoms with Crippen molar-refractivity contribution in [2.75, 3.05) is 12.8 Å². The second-order valence-electron chi connectivity index (χ2n) is 3.44. The average molecular weight is 287 g/mol. The van der Waals surface area contributed by atoms with Crippen LogP contribution in [0, 0.1) is 0 Å². The molecule has 0 saturated heterocycles. The van der Waals surface area contributed by atoms with E-state index in [0.717, 1.165) is 7.11 Å². The Kier molecular flexibility index (Phi) is 3.69. The number of benzene rings is 1. The number of hydrogen-bond acceptors (Lipinski definition) is 3. The number of hydrogen-bond donors (Lipinski definition) is 1. The van der Waals surface area contributed by atoms with Crippen molar-refractivity contribution < 1.29 is 35.9 Å². The molecule has 0 heterocycles. The molecular formula is C10H7F6NO2. The van der Waals surface area contributed by atoms with Gasteiger partial charge in [0, 0.05) is 0 Å². The van der Waals surface area contributed by atoms with Crippen LogP contribution in [0.15, 0.2) is 12.1 Å². The van der Waals surface area contributed by atoms with E-state index in [1.54, 1.807) is 0 Å². The molecule has 19 heavy (non-hydrogen) atoms. The summed E-state index contributed by atoms with van der Waals surface area (Å²) in [6.07, 6.45) is -10.0. The van der Waals surface area contributed by atoms with Gasteiger partial charge in [-0.15, -0.1) is 0 Å². The van der Waals surface area contributed by atoms with Crippen molar-refractivity contribution in [2.45, 2.75) is 12.4 Å². The van der Waals surface area contributed by atoms with E-state index in [-0.39, 0.29) is 12.1 Å². The van der Waals surface area contributed by atoms with Crippen LogP contribution >= 0.6 is 0 Å². The Morgan fingerprint density at radius 2 is 1.47 bits per heavy atom.